The molecule has 0 spiro atoms. The van der Waals surface area contributed by atoms with Crippen LogP contribution in [0.3, 0.4) is 0 Å². The van der Waals surface area contributed by atoms with E-state index >= 15 is 0 Å². The first kappa shape index (κ1) is 21.0. The third-order valence-corrected chi connectivity index (χ3v) is 8.19. The lowest BCUT2D eigenvalue weighted by Crippen LogP contribution is -1.97. The molecule has 10 nitrogen and oxygen atoms in total. The van der Waals surface area contributed by atoms with E-state index in [0.717, 1.165) is 29.6 Å². The van der Waals surface area contributed by atoms with Crippen LogP contribution in [0.5, 0.6) is 0 Å². The molecule has 146 valence electrons. The van der Waals surface area contributed by atoms with E-state index in [1.165, 1.54) is 38.1 Å². The van der Waals surface area contributed by atoms with Crippen molar-refractivity contribution in [3.8, 4) is 0 Å². The molecule has 2 aromatic heterocycles. The van der Waals surface area contributed by atoms with E-state index in [0.29, 0.717) is 16.6 Å². The zero-order valence-corrected chi connectivity index (χ0v) is 18.8. The van der Waals surface area contributed by atoms with Crippen molar-refractivity contribution in [1.82, 2.24) is 19.6 Å². The fourth-order valence-electron chi connectivity index (χ4n) is 1.91. The van der Waals surface area contributed by atoms with Crippen LogP contribution in [0.4, 0.5) is 11.4 Å². The van der Waals surface area contributed by atoms with Gasteiger partial charge in [0.1, 0.15) is 0 Å². The lowest BCUT2D eigenvalue weighted by Gasteiger charge is -2.05. The molecule has 0 aliphatic rings. The standard InChI is InChI=1S/C12H8N6O4S6/c1-15-11(23)27-9(13-15)25-7-4-8(26-10-14-16(2)12(24)28-10)6(18(21)22)3-5(7)17(19)20/h3-4H,1-2H3. The number of aromatic nitrogens is 4. The van der Waals surface area contributed by atoms with Gasteiger partial charge in [-0.05, 0) is 30.5 Å². The van der Waals surface area contributed by atoms with E-state index in [-0.39, 0.29) is 21.2 Å². The van der Waals surface area contributed by atoms with Crippen LogP contribution in [0.2, 0.25) is 0 Å². The first-order chi connectivity index (χ1) is 13.2. The van der Waals surface area contributed by atoms with Gasteiger partial charge in [0.05, 0.1) is 25.7 Å². The summed E-state index contributed by atoms with van der Waals surface area (Å²) >= 11 is 14.7. The lowest BCUT2D eigenvalue weighted by molar-refractivity contribution is -0.397. The number of benzene rings is 1. The van der Waals surface area contributed by atoms with Crippen molar-refractivity contribution < 1.29 is 9.85 Å². The van der Waals surface area contributed by atoms with E-state index in [1.54, 1.807) is 14.1 Å². The molecule has 3 rings (SSSR count). The summed E-state index contributed by atoms with van der Waals surface area (Å²) in [6.07, 6.45) is 0. The third-order valence-electron chi connectivity index (χ3n) is 3.17. The van der Waals surface area contributed by atoms with Gasteiger partial charge in [0.25, 0.3) is 11.4 Å². The fraction of sp³-hybridized carbons (Fsp3) is 0.167. The van der Waals surface area contributed by atoms with Crippen LogP contribution in [-0.2, 0) is 14.1 Å². The van der Waals surface area contributed by atoms with Crippen LogP contribution in [0.25, 0.3) is 0 Å². The Hall–Kier alpha value is -1.72. The zero-order valence-electron chi connectivity index (χ0n) is 13.9. The molecule has 0 unspecified atom stereocenters. The summed E-state index contributed by atoms with van der Waals surface area (Å²) in [5, 5.41) is 31.3. The Balaban J connectivity index is 2.11. The SMILES string of the molecule is Cn1nc(Sc2cc(Sc3nn(C)c(=S)s3)c([N+](=O)[O-])cc2[N+](=O)[O-])sc1=S. The molecule has 0 aliphatic carbocycles. The van der Waals surface area contributed by atoms with E-state index in [9.17, 15) is 20.2 Å². The minimum absolute atomic E-state index is 0.224. The lowest BCUT2D eigenvalue weighted by atomic mass is 10.3. The Morgan fingerprint density at radius 2 is 1.29 bits per heavy atom. The average Bonchev–Trinajstić information content (AvgIpc) is 3.08. The van der Waals surface area contributed by atoms with Crippen LogP contribution in [0, 0.1) is 28.1 Å². The summed E-state index contributed by atoms with van der Waals surface area (Å²) in [6.45, 7) is 0. The first-order valence-corrected chi connectivity index (χ1v) is 11.1. The molecule has 1 aromatic carbocycles. The third kappa shape index (κ3) is 4.47. The van der Waals surface area contributed by atoms with Gasteiger partial charge in [0, 0.05) is 14.1 Å². The molecule has 0 aliphatic heterocycles. The van der Waals surface area contributed by atoms with Gasteiger partial charge in [-0.25, -0.2) is 9.36 Å². The number of hydrogen-bond acceptors (Lipinski definition) is 12. The summed E-state index contributed by atoms with van der Waals surface area (Å²) in [5.41, 5.74) is -0.753. The second-order valence-electron chi connectivity index (χ2n) is 5.02. The van der Waals surface area contributed by atoms with Gasteiger partial charge < -0.3 is 0 Å². The van der Waals surface area contributed by atoms with Crippen LogP contribution in [-0.4, -0.2) is 29.4 Å². The highest BCUT2D eigenvalue weighted by Gasteiger charge is 2.27. The minimum Gasteiger partial charge on any atom is -0.258 e. The number of aryl methyl sites for hydroxylation is 2. The molecule has 0 saturated heterocycles. The summed E-state index contributed by atoms with van der Waals surface area (Å²) in [5.74, 6) is 0. The molecule has 0 radical (unpaired) electrons. The predicted octanol–water partition coefficient (Wildman–Crippen LogP) is 4.85. The number of nitro benzene ring substituents is 2. The largest absolute Gasteiger partial charge is 0.290 e. The highest BCUT2D eigenvalue weighted by Crippen LogP contribution is 2.44. The van der Waals surface area contributed by atoms with E-state index < -0.39 is 9.85 Å². The Kier molecular flexibility index (Phi) is 6.25. The maximum absolute atomic E-state index is 11.5. The quantitative estimate of drug-likeness (QED) is 0.268. The van der Waals surface area contributed by atoms with Crippen LogP contribution < -0.4 is 0 Å². The number of nitrogens with zero attached hydrogens (tertiary/aromatic N) is 6. The highest BCUT2D eigenvalue weighted by molar-refractivity contribution is 8.02. The van der Waals surface area contributed by atoms with E-state index in [1.807, 2.05) is 0 Å². The molecular formula is C12H8N6O4S6. The van der Waals surface area contributed by atoms with Gasteiger partial charge in [-0.2, -0.15) is 10.2 Å². The average molecular weight is 493 g/mol. The summed E-state index contributed by atoms with van der Waals surface area (Å²) in [4.78, 5) is 22.1. The van der Waals surface area contributed by atoms with Gasteiger partial charge in [0.2, 0.25) is 0 Å². The maximum atomic E-state index is 11.5. The van der Waals surface area contributed by atoms with Crippen LogP contribution in [0.1, 0.15) is 0 Å². The van der Waals surface area contributed by atoms with Gasteiger partial charge in [-0.15, -0.1) is 0 Å². The van der Waals surface area contributed by atoms with Crippen molar-refractivity contribution >= 4 is 82.0 Å². The highest BCUT2D eigenvalue weighted by atomic mass is 32.2. The molecule has 3 aromatic rings. The summed E-state index contributed by atoms with van der Waals surface area (Å²) in [7, 11) is 3.34. The molecule has 2 heterocycles. The number of nitro groups is 2. The summed E-state index contributed by atoms with van der Waals surface area (Å²) in [6, 6.07) is 2.36. The molecular weight excluding hydrogens is 485 g/mol. The van der Waals surface area contributed by atoms with E-state index in [2.05, 4.69) is 10.2 Å². The first-order valence-electron chi connectivity index (χ1n) is 7.06. The van der Waals surface area contributed by atoms with Gasteiger partial charge in [0.15, 0.2) is 16.6 Å². The van der Waals surface area contributed by atoms with Crippen molar-refractivity contribution in [2.75, 3.05) is 0 Å². The Labute approximate surface area is 183 Å². The predicted molar refractivity (Wildman–Crippen MR) is 112 cm³/mol. The second kappa shape index (κ2) is 8.34. The van der Waals surface area contributed by atoms with Crippen LogP contribution >= 0.6 is 70.6 Å². The molecule has 0 N–H and O–H groups in total. The van der Waals surface area contributed by atoms with E-state index in [4.69, 9.17) is 24.4 Å². The molecule has 28 heavy (non-hydrogen) atoms. The van der Waals surface area contributed by atoms with Crippen molar-refractivity contribution in [2.24, 2.45) is 14.1 Å². The molecule has 0 fully saturated rings. The van der Waals surface area contributed by atoms with Crippen LogP contribution in [0.15, 0.2) is 30.6 Å². The second-order valence-corrected chi connectivity index (χ2v) is 10.8. The number of rotatable bonds is 6. The Morgan fingerprint density at radius 3 is 1.57 bits per heavy atom. The molecule has 0 amide bonds. The fourth-order valence-corrected chi connectivity index (χ4v) is 6.70. The zero-order chi connectivity index (χ0) is 20.6. The molecule has 0 atom stereocenters. The van der Waals surface area contributed by atoms with Gasteiger partial charge in [-0.1, -0.05) is 46.2 Å². The Morgan fingerprint density at radius 1 is 0.893 bits per heavy atom. The van der Waals surface area contributed by atoms with Crippen molar-refractivity contribution in [1.29, 1.82) is 0 Å². The minimum atomic E-state index is -0.656. The normalized spacial score (nSPS) is 10.9. The maximum Gasteiger partial charge on any atom is 0.290 e. The molecule has 16 heteroatoms. The van der Waals surface area contributed by atoms with Crippen molar-refractivity contribution in [3.63, 3.8) is 0 Å². The molecule has 0 saturated carbocycles. The van der Waals surface area contributed by atoms with Crippen molar-refractivity contribution in [3.05, 3.63) is 40.3 Å². The smallest absolute Gasteiger partial charge is 0.258 e. The molecule has 0 bridgehead atoms. The topological polar surface area (TPSA) is 122 Å². The monoisotopic (exact) mass is 492 g/mol. The van der Waals surface area contributed by atoms with Gasteiger partial charge >= 0.3 is 0 Å². The van der Waals surface area contributed by atoms with Gasteiger partial charge in [-0.3, -0.25) is 20.2 Å². The van der Waals surface area contributed by atoms with Crippen molar-refractivity contribution in [2.45, 2.75) is 18.5 Å². The summed E-state index contributed by atoms with van der Waals surface area (Å²) < 4.78 is 4.97. The Bertz CT molecular complexity index is 1120. The number of hydrogen-bond donors (Lipinski definition) is 0.